The monoisotopic (exact) mass is 301 g/mol. The number of anilines is 1. The van der Waals surface area contributed by atoms with Gasteiger partial charge in [0.2, 0.25) is 5.91 Å². The summed E-state index contributed by atoms with van der Waals surface area (Å²) in [6.07, 6.45) is 0.374. The molecule has 0 radical (unpaired) electrons. The van der Waals surface area contributed by atoms with Crippen LogP contribution in [0.5, 0.6) is 0 Å². The van der Waals surface area contributed by atoms with E-state index >= 15 is 0 Å². The zero-order chi connectivity index (χ0) is 15.7. The molecule has 1 fully saturated rings. The fourth-order valence-electron chi connectivity index (χ4n) is 3.19. The molecule has 0 aliphatic carbocycles. The van der Waals surface area contributed by atoms with Crippen LogP contribution in [0.3, 0.4) is 0 Å². The van der Waals surface area contributed by atoms with E-state index in [1.807, 2.05) is 23.1 Å². The molecule has 0 bridgehead atoms. The quantitative estimate of drug-likeness (QED) is 0.922. The van der Waals surface area contributed by atoms with E-state index in [2.05, 4.69) is 24.1 Å². The van der Waals surface area contributed by atoms with Crippen LogP contribution in [0.25, 0.3) is 0 Å². The van der Waals surface area contributed by atoms with Gasteiger partial charge in [0.15, 0.2) is 0 Å². The zero-order valence-corrected chi connectivity index (χ0v) is 13.3. The topological polar surface area (TPSA) is 52.7 Å². The molecule has 2 heterocycles. The maximum atomic E-state index is 12.6. The number of nitrogens with one attached hydrogen (secondary N) is 1. The van der Waals surface area contributed by atoms with Gasteiger partial charge in [0.25, 0.3) is 5.91 Å². The minimum absolute atomic E-state index is 0.00176. The van der Waals surface area contributed by atoms with Crippen LogP contribution in [0.1, 0.15) is 29.8 Å². The fraction of sp³-hybridized carbons (Fsp3) is 0.529. The summed E-state index contributed by atoms with van der Waals surface area (Å²) in [5.74, 6) is 0.734. The van der Waals surface area contributed by atoms with E-state index < -0.39 is 0 Å². The molecule has 5 heteroatoms. The van der Waals surface area contributed by atoms with Crippen molar-refractivity contribution in [3.63, 3.8) is 0 Å². The van der Waals surface area contributed by atoms with E-state index in [-0.39, 0.29) is 11.8 Å². The number of amides is 2. The van der Waals surface area contributed by atoms with Crippen molar-refractivity contribution in [1.29, 1.82) is 0 Å². The van der Waals surface area contributed by atoms with Crippen LogP contribution < -0.4 is 5.32 Å². The molecular weight excluding hydrogens is 278 g/mol. The fourth-order valence-corrected chi connectivity index (χ4v) is 3.19. The highest BCUT2D eigenvalue weighted by Gasteiger charge is 2.24. The molecule has 2 aliphatic heterocycles. The van der Waals surface area contributed by atoms with Crippen LogP contribution in [0.2, 0.25) is 0 Å². The molecule has 0 aromatic heterocycles. The van der Waals surface area contributed by atoms with Gasteiger partial charge >= 0.3 is 0 Å². The minimum Gasteiger partial charge on any atom is -0.336 e. The predicted molar refractivity (Wildman–Crippen MR) is 86.0 cm³/mol. The van der Waals surface area contributed by atoms with E-state index in [1.54, 1.807) is 0 Å². The minimum atomic E-state index is 0.00176. The number of nitrogens with zero attached hydrogens (tertiary/aromatic N) is 2. The van der Waals surface area contributed by atoms with E-state index in [1.165, 1.54) is 0 Å². The highest BCUT2D eigenvalue weighted by Crippen LogP contribution is 2.24. The number of rotatable bonds is 3. The standard InChI is InChI=1S/C17H23N3O2/c1-12(2)11-19-5-7-20(8-6-19)17(22)13-3-4-15-14(9-13)10-16(21)18-15/h3-4,9,12H,5-8,10-11H2,1-2H3,(H,18,21). The van der Waals surface area contributed by atoms with Gasteiger partial charge in [-0.1, -0.05) is 13.8 Å². The Bertz CT molecular complexity index is 590. The van der Waals surface area contributed by atoms with Gasteiger partial charge < -0.3 is 10.2 Å². The number of carbonyl (C=O) groups is 2. The molecule has 0 unspecified atom stereocenters. The molecule has 0 saturated carbocycles. The second kappa shape index (κ2) is 6.08. The molecule has 0 atom stereocenters. The second-order valence-corrected chi connectivity index (χ2v) is 6.58. The Morgan fingerprint density at radius 2 is 1.95 bits per heavy atom. The molecule has 5 nitrogen and oxygen atoms in total. The first kappa shape index (κ1) is 15.0. The summed E-state index contributed by atoms with van der Waals surface area (Å²) >= 11 is 0. The largest absolute Gasteiger partial charge is 0.336 e. The second-order valence-electron chi connectivity index (χ2n) is 6.58. The molecule has 118 valence electrons. The molecule has 22 heavy (non-hydrogen) atoms. The third-order valence-corrected chi connectivity index (χ3v) is 4.26. The first-order valence-corrected chi connectivity index (χ1v) is 7.97. The Labute approximate surface area is 131 Å². The van der Waals surface area contributed by atoms with Crippen LogP contribution in [0.4, 0.5) is 5.69 Å². The summed E-state index contributed by atoms with van der Waals surface area (Å²) in [6.45, 7) is 8.97. The first-order chi connectivity index (χ1) is 10.5. The highest BCUT2D eigenvalue weighted by atomic mass is 16.2. The Kier molecular flexibility index (Phi) is 4.16. The van der Waals surface area contributed by atoms with Crippen molar-refractivity contribution in [3.8, 4) is 0 Å². The average Bonchev–Trinajstić information content (AvgIpc) is 2.85. The molecule has 3 rings (SSSR count). The Morgan fingerprint density at radius 3 is 2.64 bits per heavy atom. The van der Waals surface area contributed by atoms with Crippen LogP contribution in [-0.2, 0) is 11.2 Å². The van der Waals surface area contributed by atoms with Gasteiger partial charge in [0, 0.05) is 44.0 Å². The van der Waals surface area contributed by atoms with Crippen molar-refractivity contribution in [3.05, 3.63) is 29.3 Å². The lowest BCUT2D eigenvalue weighted by Crippen LogP contribution is -2.49. The molecule has 1 N–H and O–H groups in total. The highest BCUT2D eigenvalue weighted by molar-refractivity contribution is 6.01. The molecule has 1 aromatic carbocycles. The summed E-state index contributed by atoms with van der Waals surface area (Å²) in [4.78, 5) is 28.3. The van der Waals surface area contributed by atoms with E-state index in [4.69, 9.17) is 0 Å². The Morgan fingerprint density at radius 1 is 1.23 bits per heavy atom. The molecule has 2 aliphatic rings. The van der Waals surface area contributed by atoms with Gasteiger partial charge in [-0.2, -0.15) is 0 Å². The lowest BCUT2D eigenvalue weighted by atomic mass is 10.1. The lowest BCUT2D eigenvalue weighted by Gasteiger charge is -2.35. The van der Waals surface area contributed by atoms with Crippen molar-refractivity contribution in [2.24, 2.45) is 5.92 Å². The summed E-state index contributed by atoms with van der Waals surface area (Å²) < 4.78 is 0. The van der Waals surface area contributed by atoms with Gasteiger partial charge in [-0.05, 0) is 29.7 Å². The number of benzene rings is 1. The van der Waals surface area contributed by atoms with Crippen molar-refractivity contribution in [2.45, 2.75) is 20.3 Å². The normalized spacial score (nSPS) is 18.5. The van der Waals surface area contributed by atoms with Crippen molar-refractivity contribution >= 4 is 17.5 Å². The Hall–Kier alpha value is -1.88. The van der Waals surface area contributed by atoms with Crippen molar-refractivity contribution < 1.29 is 9.59 Å². The van der Waals surface area contributed by atoms with Crippen LogP contribution >= 0.6 is 0 Å². The summed E-state index contributed by atoms with van der Waals surface area (Å²) in [6, 6.07) is 5.51. The predicted octanol–water partition coefficient (Wildman–Crippen LogP) is 1.59. The van der Waals surface area contributed by atoms with E-state index in [0.29, 0.717) is 17.9 Å². The van der Waals surface area contributed by atoms with Gasteiger partial charge in [-0.25, -0.2) is 0 Å². The van der Waals surface area contributed by atoms with Gasteiger partial charge in [0.05, 0.1) is 6.42 Å². The molecule has 1 saturated heterocycles. The number of hydrogen-bond acceptors (Lipinski definition) is 3. The van der Waals surface area contributed by atoms with Gasteiger partial charge in [-0.3, -0.25) is 14.5 Å². The van der Waals surface area contributed by atoms with Crippen LogP contribution in [0.15, 0.2) is 18.2 Å². The number of piperazine rings is 1. The number of fused-ring (bicyclic) bond motifs is 1. The van der Waals surface area contributed by atoms with Crippen molar-refractivity contribution in [1.82, 2.24) is 9.80 Å². The number of carbonyl (C=O) groups excluding carboxylic acids is 2. The third-order valence-electron chi connectivity index (χ3n) is 4.26. The summed E-state index contributed by atoms with van der Waals surface area (Å²) in [5.41, 5.74) is 2.45. The zero-order valence-electron chi connectivity index (χ0n) is 13.3. The van der Waals surface area contributed by atoms with E-state index in [9.17, 15) is 9.59 Å². The molecule has 1 aromatic rings. The molecule has 0 spiro atoms. The molecular formula is C17H23N3O2. The lowest BCUT2D eigenvalue weighted by molar-refractivity contribution is -0.115. The SMILES string of the molecule is CC(C)CN1CCN(C(=O)c2ccc3c(c2)CC(=O)N3)CC1. The smallest absolute Gasteiger partial charge is 0.253 e. The average molecular weight is 301 g/mol. The van der Waals surface area contributed by atoms with Crippen LogP contribution in [-0.4, -0.2) is 54.3 Å². The Balaban J connectivity index is 1.63. The van der Waals surface area contributed by atoms with Crippen molar-refractivity contribution in [2.75, 3.05) is 38.0 Å². The summed E-state index contributed by atoms with van der Waals surface area (Å²) in [5, 5.41) is 2.80. The maximum absolute atomic E-state index is 12.6. The molecule has 2 amide bonds. The third kappa shape index (κ3) is 3.14. The van der Waals surface area contributed by atoms with Crippen LogP contribution in [0, 0.1) is 5.92 Å². The van der Waals surface area contributed by atoms with Gasteiger partial charge in [0.1, 0.15) is 0 Å². The maximum Gasteiger partial charge on any atom is 0.253 e. The van der Waals surface area contributed by atoms with Gasteiger partial charge in [-0.15, -0.1) is 0 Å². The first-order valence-electron chi connectivity index (χ1n) is 7.97. The number of hydrogen-bond donors (Lipinski definition) is 1. The summed E-state index contributed by atoms with van der Waals surface area (Å²) in [7, 11) is 0. The van der Waals surface area contributed by atoms with E-state index in [0.717, 1.165) is 44.0 Å².